The van der Waals surface area contributed by atoms with Gasteiger partial charge >= 0.3 is 6.18 Å². The number of hydrogen-bond acceptors (Lipinski definition) is 3. The van der Waals surface area contributed by atoms with E-state index in [1.54, 1.807) is 0 Å². The Bertz CT molecular complexity index is 430. The summed E-state index contributed by atoms with van der Waals surface area (Å²) in [6.45, 7) is 4.14. The van der Waals surface area contributed by atoms with Crippen LogP contribution >= 0.6 is 0 Å². The van der Waals surface area contributed by atoms with Crippen LogP contribution in [0, 0.1) is 5.92 Å². The molecule has 6 heteroatoms. The molecule has 0 heterocycles. The third-order valence-corrected chi connectivity index (χ3v) is 2.53. The first kappa shape index (κ1) is 18.7. The summed E-state index contributed by atoms with van der Waals surface area (Å²) in [5.41, 5.74) is 0.958. The summed E-state index contributed by atoms with van der Waals surface area (Å²) in [6, 6.07) is 9.38. The fourth-order valence-corrected chi connectivity index (χ4v) is 1.44. The Hall–Kier alpha value is -1.37. The molecule has 3 nitrogen and oxygen atoms in total. The van der Waals surface area contributed by atoms with Gasteiger partial charge in [-0.1, -0.05) is 50.3 Å². The molecule has 0 saturated heterocycles. The molecule has 0 amide bonds. The second-order valence-corrected chi connectivity index (χ2v) is 5.17. The predicted molar refractivity (Wildman–Crippen MR) is 77.0 cm³/mol. The molecule has 0 aliphatic carbocycles. The Morgan fingerprint density at radius 3 is 2.41 bits per heavy atom. The van der Waals surface area contributed by atoms with Crippen molar-refractivity contribution in [3.05, 3.63) is 48.0 Å². The molecule has 0 aliphatic heterocycles. The van der Waals surface area contributed by atoms with Crippen molar-refractivity contribution in [3.8, 4) is 0 Å². The molecule has 0 bridgehead atoms. The number of rotatable bonds is 9. The first-order valence-electron chi connectivity index (χ1n) is 7.03. The van der Waals surface area contributed by atoms with E-state index in [0.717, 1.165) is 11.6 Å². The van der Waals surface area contributed by atoms with Crippen molar-refractivity contribution in [2.24, 2.45) is 5.92 Å². The molecule has 0 fully saturated rings. The van der Waals surface area contributed by atoms with Gasteiger partial charge in [-0.2, -0.15) is 13.2 Å². The molecule has 0 aromatic heterocycles. The molecule has 124 valence electrons. The Labute approximate surface area is 128 Å². The molecule has 0 spiro atoms. The van der Waals surface area contributed by atoms with E-state index in [-0.39, 0.29) is 19.1 Å². The van der Waals surface area contributed by atoms with Gasteiger partial charge in [0.2, 0.25) is 6.10 Å². The fraction of sp³-hybridized carbons (Fsp3) is 0.500. The maximum absolute atomic E-state index is 12.7. The summed E-state index contributed by atoms with van der Waals surface area (Å²) in [7, 11) is 0. The monoisotopic (exact) mass is 318 g/mol. The highest BCUT2D eigenvalue weighted by Gasteiger charge is 2.40. The van der Waals surface area contributed by atoms with Crippen LogP contribution in [-0.2, 0) is 21.1 Å². The Morgan fingerprint density at radius 2 is 1.82 bits per heavy atom. The van der Waals surface area contributed by atoms with E-state index in [1.165, 1.54) is 6.08 Å². The maximum atomic E-state index is 12.7. The molecule has 1 atom stereocenters. The highest BCUT2D eigenvalue weighted by Crippen LogP contribution is 2.24. The van der Waals surface area contributed by atoms with Gasteiger partial charge in [-0.25, -0.2) is 9.78 Å². The first-order valence-corrected chi connectivity index (χ1v) is 7.03. The smallest absolute Gasteiger partial charge is 0.373 e. The van der Waals surface area contributed by atoms with Crippen molar-refractivity contribution in [2.45, 2.75) is 32.7 Å². The summed E-state index contributed by atoms with van der Waals surface area (Å²) < 4.78 is 43.4. The maximum Gasteiger partial charge on any atom is 0.421 e. The van der Waals surface area contributed by atoms with Crippen LogP contribution in [0.1, 0.15) is 19.4 Å². The standard InChI is InChI=1S/C16H21F3O3/c1-13(2)11-21-22-15(16(17,18)19)9-6-10-20-12-14-7-4-3-5-8-14/h3-9,13,15H,10-12H2,1-2H3/b9-6+. The number of halogens is 3. The number of hydrogen-bond donors (Lipinski definition) is 0. The van der Waals surface area contributed by atoms with Crippen LogP contribution in [0.15, 0.2) is 42.5 Å². The van der Waals surface area contributed by atoms with Crippen molar-refractivity contribution >= 4 is 0 Å². The molecule has 0 radical (unpaired) electrons. The molecule has 22 heavy (non-hydrogen) atoms. The van der Waals surface area contributed by atoms with Crippen molar-refractivity contribution in [2.75, 3.05) is 13.2 Å². The first-order chi connectivity index (χ1) is 10.4. The van der Waals surface area contributed by atoms with Crippen LogP contribution in [0.3, 0.4) is 0 Å². The second kappa shape index (κ2) is 9.61. The van der Waals surface area contributed by atoms with Gasteiger partial charge < -0.3 is 4.74 Å². The molecule has 0 N–H and O–H groups in total. The van der Waals surface area contributed by atoms with Gasteiger partial charge in [0.05, 0.1) is 19.8 Å². The van der Waals surface area contributed by atoms with Crippen molar-refractivity contribution < 1.29 is 27.7 Å². The predicted octanol–water partition coefficient (Wildman–Crippen LogP) is 4.29. The van der Waals surface area contributed by atoms with E-state index in [1.807, 2.05) is 44.2 Å². The fourth-order valence-electron chi connectivity index (χ4n) is 1.44. The minimum Gasteiger partial charge on any atom is -0.373 e. The van der Waals surface area contributed by atoms with E-state index in [2.05, 4.69) is 9.78 Å². The summed E-state index contributed by atoms with van der Waals surface area (Å²) in [6.07, 6.45) is -4.44. The lowest BCUT2D eigenvalue weighted by Gasteiger charge is -2.17. The van der Waals surface area contributed by atoms with Crippen LogP contribution in [-0.4, -0.2) is 25.5 Å². The van der Waals surface area contributed by atoms with Gasteiger partial charge in [0, 0.05) is 0 Å². The molecule has 1 rings (SSSR count). The summed E-state index contributed by atoms with van der Waals surface area (Å²) in [5.74, 6) is 0.0899. The summed E-state index contributed by atoms with van der Waals surface area (Å²) in [5, 5.41) is 0. The Kier molecular flexibility index (Phi) is 8.16. The second-order valence-electron chi connectivity index (χ2n) is 5.17. The minimum atomic E-state index is -4.52. The summed E-state index contributed by atoms with van der Waals surface area (Å²) >= 11 is 0. The van der Waals surface area contributed by atoms with Crippen molar-refractivity contribution in [1.29, 1.82) is 0 Å². The van der Waals surface area contributed by atoms with Crippen molar-refractivity contribution in [3.63, 3.8) is 0 Å². The Balaban J connectivity index is 2.34. The average molecular weight is 318 g/mol. The molecule has 0 saturated carbocycles. The minimum absolute atomic E-state index is 0.0645. The van der Waals surface area contributed by atoms with Crippen LogP contribution in [0.2, 0.25) is 0 Å². The quantitative estimate of drug-likeness (QED) is 0.294. The lowest BCUT2D eigenvalue weighted by atomic mass is 10.2. The normalized spacial score (nSPS) is 13.9. The third kappa shape index (κ3) is 8.17. The van der Waals surface area contributed by atoms with Gasteiger partial charge in [0.15, 0.2) is 0 Å². The van der Waals surface area contributed by atoms with Gasteiger partial charge in [-0.15, -0.1) is 0 Å². The van der Waals surface area contributed by atoms with Gasteiger partial charge in [0.25, 0.3) is 0 Å². The SMILES string of the molecule is CC(C)COOC(/C=C/COCc1ccccc1)C(F)(F)F. The molecule has 1 aromatic rings. The molecule has 1 aromatic carbocycles. The number of alkyl halides is 3. The molecule has 0 aliphatic rings. The lowest BCUT2D eigenvalue weighted by Crippen LogP contribution is -2.30. The zero-order valence-electron chi connectivity index (χ0n) is 12.7. The Morgan fingerprint density at radius 1 is 1.14 bits per heavy atom. The highest BCUT2D eigenvalue weighted by molar-refractivity contribution is 5.13. The van der Waals surface area contributed by atoms with E-state index < -0.39 is 12.3 Å². The van der Waals surface area contributed by atoms with Gasteiger partial charge in [-0.05, 0) is 17.6 Å². The zero-order chi connectivity index (χ0) is 16.4. The van der Waals surface area contributed by atoms with E-state index >= 15 is 0 Å². The highest BCUT2D eigenvalue weighted by atomic mass is 19.4. The van der Waals surface area contributed by atoms with Crippen LogP contribution < -0.4 is 0 Å². The molecular formula is C16H21F3O3. The molecule has 1 unspecified atom stereocenters. The third-order valence-electron chi connectivity index (χ3n) is 2.53. The lowest BCUT2D eigenvalue weighted by molar-refractivity contribution is -0.369. The largest absolute Gasteiger partial charge is 0.421 e. The van der Waals surface area contributed by atoms with E-state index in [0.29, 0.717) is 6.61 Å². The van der Waals surface area contributed by atoms with E-state index in [9.17, 15) is 13.2 Å². The van der Waals surface area contributed by atoms with Crippen LogP contribution in [0.5, 0.6) is 0 Å². The topological polar surface area (TPSA) is 27.7 Å². The van der Waals surface area contributed by atoms with Crippen LogP contribution in [0.25, 0.3) is 0 Å². The van der Waals surface area contributed by atoms with Gasteiger partial charge in [-0.3, -0.25) is 0 Å². The molecular weight excluding hydrogens is 297 g/mol. The van der Waals surface area contributed by atoms with Crippen molar-refractivity contribution in [1.82, 2.24) is 0 Å². The van der Waals surface area contributed by atoms with E-state index in [4.69, 9.17) is 4.74 Å². The average Bonchev–Trinajstić information content (AvgIpc) is 2.44. The number of benzene rings is 1. The number of ether oxygens (including phenoxy) is 1. The zero-order valence-corrected chi connectivity index (χ0v) is 12.7. The van der Waals surface area contributed by atoms with Gasteiger partial charge in [0.1, 0.15) is 0 Å². The van der Waals surface area contributed by atoms with Crippen LogP contribution in [0.4, 0.5) is 13.2 Å². The summed E-state index contributed by atoms with van der Waals surface area (Å²) in [4.78, 5) is 9.01.